The Bertz CT molecular complexity index is 959. The number of aliphatic hydroxyl groups is 5. The highest BCUT2D eigenvalue weighted by Crippen LogP contribution is 2.57. The summed E-state index contributed by atoms with van der Waals surface area (Å²) in [5.74, 6) is -2.06. The smallest absolute Gasteiger partial charge is 0.254 e. The zero-order valence-electron chi connectivity index (χ0n) is 14.7. The molecule has 3 aliphatic rings. The number of primary amides is 1. The minimum absolute atomic E-state index is 0.0167. The van der Waals surface area contributed by atoms with Gasteiger partial charge in [-0.25, -0.2) is 4.98 Å². The first-order valence-electron chi connectivity index (χ1n) is 8.65. The van der Waals surface area contributed by atoms with E-state index in [4.69, 9.17) is 20.0 Å². The van der Waals surface area contributed by atoms with Crippen LogP contribution in [-0.2, 0) is 10.3 Å². The van der Waals surface area contributed by atoms with Gasteiger partial charge >= 0.3 is 0 Å². The fourth-order valence-electron chi connectivity index (χ4n) is 4.11. The van der Waals surface area contributed by atoms with Crippen molar-refractivity contribution in [3.05, 3.63) is 22.6 Å². The lowest BCUT2D eigenvalue weighted by atomic mass is 9.69. The Hall–Kier alpha value is -2.28. The van der Waals surface area contributed by atoms with E-state index in [2.05, 4.69) is 4.98 Å². The van der Waals surface area contributed by atoms with Crippen molar-refractivity contribution in [2.45, 2.75) is 49.5 Å². The van der Waals surface area contributed by atoms with E-state index in [0.717, 1.165) is 0 Å². The summed E-state index contributed by atoms with van der Waals surface area (Å²) in [5.41, 5.74) is 2.61. The second-order valence-corrected chi connectivity index (χ2v) is 7.14. The van der Waals surface area contributed by atoms with Crippen LogP contribution in [0.4, 0.5) is 0 Å². The lowest BCUT2D eigenvalue weighted by Crippen LogP contribution is -2.58. The fourth-order valence-corrected chi connectivity index (χ4v) is 4.11. The van der Waals surface area contributed by atoms with Gasteiger partial charge in [0.05, 0.1) is 24.9 Å². The molecule has 8 N–H and O–H groups in total. The van der Waals surface area contributed by atoms with E-state index in [1.54, 1.807) is 0 Å². The minimum atomic E-state index is -1.98. The monoisotopic (exact) mass is 396 g/mol. The van der Waals surface area contributed by atoms with E-state index in [1.807, 2.05) is 0 Å². The second-order valence-electron chi connectivity index (χ2n) is 7.14. The Kier molecular flexibility index (Phi) is 4.16. The third-order valence-electron chi connectivity index (χ3n) is 5.58. The van der Waals surface area contributed by atoms with E-state index < -0.39 is 65.8 Å². The quantitative estimate of drug-likeness (QED) is 0.317. The van der Waals surface area contributed by atoms with Crippen molar-refractivity contribution in [1.82, 2.24) is 4.98 Å². The number of nitrogens with zero attached hydrogens (tertiary/aromatic N) is 1. The van der Waals surface area contributed by atoms with Crippen molar-refractivity contribution in [3.8, 4) is 5.75 Å². The SMILES string of the molecule is C[C@H]1O[C@@H]2C[C@@H](O)[C@@]1(O)c1c2c(O)c(C(N)=O)c2nc([C@@H](O)[C@@H](O)CO)oc12. The molecule has 1 aliphatic carbocycles. The van der Waals surface area contributed by atoms with Gasteiger partial charge < -0.3 is 45.5 Å². The van der Waals surface area contributed by atoms with Crippen LogP contribution in [0, 0.1) is 0 Å². The number of carbonyl (C=O) groups excluding carboxylic acids is 1. The first kappa shape index (κ1) is 19.1. The molecule has 11 heteroatoms. The standard InChI is InChI=1S/C17H20N2O9/c1-4-17(26)7(22)2-6(27-4)8-10(17)14-11(9(13(8)24)15(18)25)19-16(28-14)12(23)5(21)3-20/h4-7,12,20-24,26H,2-3H2,1H3,(H2,18,25)/t4-,5+,6-,7-,12+,17-/m1/s1. The van der Waals surface area contributed by atoms with Gasteiger partial charge in [-0.15, -0.1) is 0 Å². The number of fused-ring (bicyclic) bond motifs is 3. The van der Waals surface area contributed by atoms with Crippen molar-refractivity contribution in [3.63, 3.8) is 0 Å². The second kappa shape index (κ2) is 6.11. The van der Waals surface area contributed by atoms with Gasteiger partial charge in [0.15, 0.2) is 11.7 Å². The molecule has 0 saturated carbocycles. The summed E-state index contributed by atoms with van der Waals surface area (Å²) in [5, 5.41) is 61.2. The molecule has 6 atom stereocenters. The highest BCUT2D eigenvalue weighted by atomic mass is 16.5. The summed E-state index contributed by atoms with van der Waals surface area (Å²) in [6.07, 6.45) is -6.36. The largest absolute Gasteiger partial charge is 0.507 e. The lowest BCUT2D eigenvalue weighted by Gasteiger charge is -2.51. The Labute approximate surface area is 157 Å². The van der Waals surface area contributed by atoms with Crippen molar-refractivity contribution in [2.24, 2.45) is 5.73 Å². The van der Waals surface area contributed by atoms with Crippen LogP contribution in [0.25, 0.3) is 11.1 Å². The molecule has 28 heavy (non-hydrogen) atoms. The Balaban J connectivity index is 2.09. The number of benzene rings is 1. The van der Waals surface area contributed by atoms with Gasteiger partial charge in [-0.05, 0) is 6.92 Å². The maximum Gasteiger partial charge on any atom is 0.254 e. The van der Waals surface area contributed by atoms with Gasteiger partial charge in [-0.1, -0.05) is 0 Å². The molecule has 11 nitrogen and oxygen atoms in total. The molecule has 1 saturated heterocycles. The van der Waals surface area contributed by atoms with Crippen molar-refractivity contribution in [1.29, 1.82) is 0 Å². The summed E-state index contributed by atoms with van der Waals surface area (Å²) in [6, 6.07) is 0. The number of aromatic hydroxyl groups is 1. The molecular formula is C17H20N2O9. The normalized spacial score (nSPS) is 31.0. The van der Waals surface area contributed by atoms with Gasteiger partial charge in [0.2, 0.25) is 5.89 Å². The lowest BCUT2D eigenvalue weighted by molar-refractivity contribution is -0.245. The first-order chi connectivity index (χ1) is 13.1. The van der Waals surface area contributed by atoms with Crippen LogP contribution in [0.2, 0.25) is 0 Å². The van der Waals surface area contributed by atoms with E-state index in [9.17, 15) is 30.3 Å². The minimum Gasteiger partial charge on any atom is -0.507 e. The summed E-state index contributed by atoms with van der Waals surface area (Å²) in [6.45, 7) is 0.742. The summed E-state index contributed by atoms with van der Waals surface area (Å²) >= 11 is 0. The van der Waals surface area contributed by atoms with Gasteiger partial charge in [0.25, 0.3) is 5.91 Å². The number of amides is 1. The average molecular weight is 396 g/mol. The van der Waals surface area contributed by atoms with Crippen LogP contribution < -0.4 is 5.73 Å². The van der Waals surface area contributed by atoms with Crippen molar-refractivity contribution >= 4 is 17.0 Å². The first-order valence-corrected chi connectivity index (χ1v) is 8.65. The summed E-state index contributed by atoms with van der Waals surface area (Å²) in [7, 11) is 0. The number of hydrogen-bond donors (Lipinski definition) is 7. The zero-order valence-corrected chi connectivity index (χ0v) is 14.7. The highest BCUT2D eigenvalue weighted by molar-refractivity contribution is 6.08. The molecule has 2 bridgehead atoms. The predicted octanol–water partition coefficient (Wildman–Crippen LogP) is -1.57. The number of oxazole rings is 1. The van der Waals surface area contributed by atoms with Crippen molar-refractivity contribution < 1.29 is 44.6 Å². The maximum absolute atomic E-state index is 12.0. The number of ether oxygens (including phenoxy) is 1. The molecule has 0 spiro atoms. The molecule has 1 amide bonds. The molecule has 3 heterocycles. The Morgan fingerprint density at radius 2 is 2.11 bits per heavy atom. The predicted molar refractivity (Wildman–Crippen MR) is 90.1 cm³/mol. The number of aliphatic hydroxyl groups excluding tert-OH is 4. The molecule has 1 fully saturated rings. The molecular weight excluding hydrogens is 376 g/mol. The number of phenols is 1. The zero-order chi connectivity index (χ0) is 20.5. The van der Waals surface area contributed by atoms with Crippen LogP contribution in [-0.4, -0.2) is 66.4 Å². The van der Waals surface area contributed by atoms with E-state index in [-0.39, 0.29) is 28.6 Å². The maximum atomic E-state index is 12.0. The van der Waals surface area contributed by atoms with Crippen LogP contribution in [0.1, 0.15) is 52.9 Å². The number of carbonyl (C=O) groups is 1. The van der Waals surface area contributed by atoms with E-state index >= 15 is 0 Å². The van der Waals surface area contributed by atoms with Crippen LogP contribution >= 0.6 is 0 Å². The van der Waals surface area contributed by atoms with E-state index in [0.29, 0.717) is 0 Å². The van der Waals surface area contributed by atoms with Crippen LogP contribution in [0.15, 0.2) is 4.42 Å². The molecule has 2 aromatic rings. The molecule has 2 aliphatic heterocycles. The molecule has 5 rings (SSSR count). The molecule has 1 aromatic carbocycles. The van der Waals surface area contributed by atoms with Gasteiger partial charge in [-0.2, -0.15) is 0 Å². The highest BCUT2D eigenvalue weighted by Gasteiger charge is 2.58. The average Bonchev–Trinajstić information content (AvgIpc) is 3.06. The Morgan fingerprint density at radius 3 is 2.68 bits per heavy atom. The number of nitrogens with two attached hydrogens (primary N) is 1. The molecule has 152 valence electrons. The number of aromatic nitrogens is 1. The molecule has 0 unspecified atom stereocenters. The molecule has 0 radical (unpaired) electrons. The summed E-state index contributed by atoms with van der Waals surface area (Å²) < 4.78 is 11.2. The third kappa shape index (κ3) is 2.25. The topological polar surface area (TPSA) is 200 Å². The van der Waals surface area contributed by atoms with Gasteiger partial charge in [-0.3, -0.25) is 4.79 Å². The number of rotatable bonds is 4. The Morgan fingerprint density at radius 1 is 1.43 bits per heavy atom. The summed E-state index contributed by atoms with van der Waals surface area (Å²) in [4.78, 5) is 15.9. The van der Waals surface area contributed by atoms with Crippen LogP contribution in [0.5, 0.6) is 5.75 Å². The molecule has 1 aromatic heterocycles. The van der Waals surface area contributed by atoms with Gasteiger partial charge in [0.1, 0.15) is 28.5 Å². The van der Waals surface area contributed by atoms with Gasteiger partial charge in [0, 0.05) is 17.5 Å². The third-order valence-corrected chi connectivity index (χ3v) is 5.58. The fraction of sp³-hybridized carbons (Fsp3) is 0.529. The van der Waals surface area contributed by atoms with Crippen molar-refractivity contribution in [2.75, 3.05) is 6.61 Å². The van der Waals surface area contributed by atoms with E-state index in [1.165, 1.54) is 6.92 Å². The van der Waals surface area contributed by atoms with Crippen LogP contribution in [0.3, 0.4) is 0 Å². The number of hydrogen-bond acceptors (Lipinski definition) is 10.